The second-order valence-corrected chi connectivity index (χ2v) is 5.67. The zero-order valence-corrected chi connectivity index (χ0v) is 15.1. The van der Waals surface area contributed by atoms with Crippen LogP contribution in [0.1, 0.15) is 32.5 Å². The molecule has 0 fully saturated rings. The molecule has 7 heteroatoms. The highest BCUT2D eigenvalue weighted by Gasteiger charge is 2.21. The van der Waals surface area contributed by atoms with E-state index in [1.165, 1.54) is 0 Å². The SMILES string of the molecule is CN(C)C(=NCc1noc(C(C)(C)C)n1)N(C)C.I. The van der Waals surface area contributed by atoms with Gasteiger partial charge < -0.3 is 14.3 Å². The number of aliphatic imine (C=N–C) groups is 1. The first-order valence-electron chi connectivity index (χ1n) is 5.94. The van der Waals surface area contributed by atoms with E-state index in [1.807, 2.05) is 58.8 Å². The van der Waals surface area contributed by atoms with Crippen LogP contribution in [0.15, 0.2) is 9.52 Å². The van der Waals surface area contributed by atoms with Crippen molar-refractivity contribution in [2.45, 2.75) is 32.7 Å². The van der Waals surface area contributed by atoms with Gasteiger partial charge in [-0.05, 0) is 0 Å². The largest absolute Gasteiger partial charge is 0.349 e. The number of halogens is 1. The maximum Gasteiger partial charge on any atom is 0.232 e. The summed E-state index contributed by atoms with van der Waals surface area (Å²) in [5.74, 6) is 2.13. The lowest BCUT2D eigenvalue weighted by molar-refractivity contribution is 0.318. The number of aromatic nitrogens is 2. The van der Waals surface area contributed by atoms with Gasteiger partial charge in [-0.15, -0.1) is 24.0 Å². The lowest BCUT2D eigenvalue weighted by Gasteiger charge is -2.22. The van der Waals surface area contributed by atoms with Gasteiger partial charge in [0.1, 0.15) is 6.54 Å². The molecule has 19 heavy (non-hydrogen) atoms. The van der Waals surface area contributed by atoms with Crippen molar-refractivity contribution in [3.05, 3.63) is 11.7 Å². The first-order valence-corrected chi connectivity index (χ1v) is 5.94. The molecular formula is C12H24IN5O. The van der Waals surface area contributed by atoms with Gasteiger partial charge in [-0.2, -0.15) is 4.98 Å². The molecule has 110 valence electrons. The van der Waals surface area contributed by atoms with Crippen molar-refractivity contribution in [2.75, 3.05) is 28.2 Å². The molecular weight excluding hydrogens is 357 g/mol. The molecule has 0 spiro atoms. The molecule has 0 aromatic carbocycles. The summed E-state index contributed by atoms with van der Waals surface area (Å²) in [5.41, 5.74) is -0.124. The van der Waals surface area contributed by atoms with Crippen LogP contribution in [0.3, 0.4) is 0 Å². The fraction of sp³-hybridized carbons (Fsp3) is 0.750. The van der Waals surface area contributed by atoms with Gasteiger partial charge in [-0.1, -0.05) is 25.9 Å². The van der Waals surface area contributed by atoms with Crippen molar-refractivity contribution in [3.63, 3.8) is 0 Å². The second kappa shape index (κ2) is 7.06. The molecule has 0 N–H and O–H groups in total. The van der Waals surface area contributed by atoms with Gasteiger partial charge in [0.05, 0.1) is 0 Å². The standard InChI is InChI=1S/C12H23N5O.HI/c1-12(2,3)10-14-9(15-18-10)8-13-11(16(4)5)17(6)7;/h8H2,1-7H3;1H. The first-order chi connectivity index (χ1) is 8.21. The Balaban J connectivity index is 0.00000324. The molecule has 6 nitrogen and oxygen atoms in total. The molecule has 0 saturated heterocycles. The topological polar surface area (TPSA) is 57.8 Å². The highest BCUT2D eigenvalue weighted by Crippen LogP contribution is 2.19. The van der Waals surface area contributed by atoms with Gasteiger partial charge in [0.25, 0.3) is 0 Å². The van der Waals surface area contributed by atoms with Crippen LogP contribution in [-0.2, 0) is 12.0 Å². The van der Waals surface area contributed by atoms with Crippen LogP contribution < -0.4 is 0 Å². The summed E-state index contributed by atoms with van der Waals surface area (Å²) in [6.07, 6.45) is 0. The van der Waals surface area contributed by atoms with Gasteiger partial charge in [0.15, 0.2) is 11.8 Å². The van der Waals surface area contributed by atoms with Gasteiger partial charge in [0, 0.05) is 33.6 Å². The Hall–Kier alpha value is -0.860. The fourth-order valence-corrected chi connectivity index (χ4v) is 1.45. The average Bonchev–Trinajstić information content (AvgIpc) is 2.64. The Kier molecular flexibility index (Phi) is 6.74. The molecule has 0 aliphatic heterocycles. The van der Waals surface area contributed by atoms with E-state index >= 15 is 0 Å². The minimum Gasteiger partial charge on any atom is -0.349 e. The summed E-state index contributed by atoms with van der Waals surface area (Å²) in [6, 6.07) is 0. The van der Waals surface area contributed by atoms with E-state index in [1.54, 1.807) is 0 Å². The van der Waals surface area contributed by atoms with Crippen LogP contribution in [0.5, 0.6) is 0 Å². The van der Waals surface area contributed by atoms with Gasteiger partial charge in [0.2, 0.25) is 5.89 Å². The van der Waals surface area contributed by atoms with Crippen molar-refractivity contribution in [2.24, 2.45) is 4.99 Å². The predicted octanol–water partition coefficient (Wildman–Crippen LogP) is 1.96. The van der Waals surface area contributed by atoms with E-state index in [4.69, 9.17) is 4.52 Å². The van der Waals surface area contributed by atoms with Crippen molar-refractivity contribution in [3.8, 4) is 0 Å². The van der Waals surface area contributed by atoms with Gasteiger partial charge >= 0.3 is 0 Å². The first kappa shape index (κ1) is 18.1. The Morgan fingerprint density at radius 2 is 1.68 bits per heavy atom. The molecule has 1 heterocycles. The normalized spacial score (nSPS) is 10.7. The van der Waals surface area contributed by atoms with Crippen LogP contribution in [0, 0.1) is 0 Å². The lowest BCUT2D eigenvalue weighted by atomic mass is 9.97. The minimum absolute atomic E-state index is 0. The molecule has 0 saturated carbocycles. The summed E-state index contributed by atoms with van der Waals surface area (Å²) >= 11 is 0. The maximum absolute atomic E-state index is 5.22. The lowest BCUT2D eigenvalue weighted by Crippen LogP contribution is -2.35. The van der Waals surface area contributed by atoms with E-state index in [0.717, 1.165) is 5.96 Å². The summed E-state index contributed by atoms with van der Waals surface area (Å²) < 4.78 is 5.22. The number of hydrogen-bond donors (Lipinski definition) is 0. The summed E-state index contributed by atoms with van der Waals surface area (Å²) in [5, 5.41) is 3.94. The highest BCUT2D eigenvalue weighted by molar-refractivity contribution is 14.0. The molecule has 1 rings (SSSR count). The van der Waals surface area contributed by atoms with E-state index < -0.39 is 0 Å². The zero-order chi connectivity index (χ0) is 13.9. The van der Waals surface area contributed by atoms with Crippen LogP contribution >= 0.6 is 24.0 Å². The third-order valence-corrected chi connectivity index (χ3v) is 2.27. The Labute approximate surface area is 132 Å². The summed E-state index contributed by atoms with van der Waals surface area (Å²) in [7, 11) is 7.82. The van der Waals surface area contributed by atoms with E-state index in [0.29, 0.717) is 18.3 Å². The second-order valence-electron chi connectivity index (χ2n) is 5.67. The van der Waals surface area contributed by atoms with Crippen molar-refractivity contribution < 1.29 is 4.52 Å². The molecule has 0 amide bonds. The van der Waals surface area contributed by atoms with Crippen molar-refractivity contribution in [1.82, 2.24) is 19.9 Å². The number of rotatable bonds is 2. The third-order valence-electron chi connectivity index (χ3n) is 2.27. The molecule has 0 aliphatic rings. The fourth-order valence-electron chi connectivity index (χ4n) is 1.45. The van der Waals surface area contributed by atoms with Gasteiger partial charge in [-0.3, -0.25) is 0 Å². The molecule has 1 aromatic heterocycles. The predicted molar refractivity (Wildman–Crippen MR) is 86.9 cm³/mol. The Bertz CT molecular complexity index is 410. The smallest absolute Gasteiger partial charge is 0.232 e. The van der Waals surface area contributed by atoms with Gasteiger partial charge in [-0.25, -0.2) is 4.99 Å². The molecule has 0 aliphatic carbocycles. The van der Waals surface area contributed by atoms with E-state index in [9.17, 15) is 0 Å². The highest BCUT2D eigenvalue weighted by atomic mass is 127. The van der Waals surface area contributed by atoms with Crippen LogP contribution in [0.4, 0.5) is 0 Å². The molecule has 1 aromatic rings. The molecule has 0 atom stereocenters. The molecule has 0 radical (unpaired) electrons. The number of nitrogens with zero attached hydrogens (tertiary/aromatic N) is 5. The van der Waals surface area contributed by atoms with Crippen LogP contribution in [0.25, 0.3) is 0 Å². The minimum atomic E-state index is -0.124. The van der Waals surface area contributed by atoms with Crippen molar-refractivity contribution in [1.29, 1.82) is 0 Å². The van der Waals surface area contributed by atoms with Crippen molar-refractivity contribution >= 4 is 29.9 Å². The van der Waals surface area contributed by atoms with E-state index in [2.05, 4.69) is 15.1 Å². The zero-order valence-electron chi connectivity index (χ0n) is 12.8. The van der Waals surface area contributed by atoms with E-state index in [-0.39, 0.29) is 29.4 Å². The quantitative estimate of drug-likeness (QED) is 0.446. The molecule has 0 unspecified atom stereocenters. The molecule has 0 bridgehead atoms. The summed E-state index contributed by atoms with van der Waals surface area (Å²) in [4.78, 5) is 12.7. The summed E-state index contributed by atoms with van der Waals surface area (Å²) in [6.45, 7) is 6.54. The number of guanidine groups is 1. The van der Waals surface area contributed by atoms with Crippen LogP contribution in [-0.4, -0.2) is 54.1 Å². The van der Waals surface area contributed by atoms with Crippen LogP contribution in [0.2, 0.25) is 0 Å². The monoisotopic (exact) mass is 381 g/mol. The average molecular weight is 381 g/mol. The Morgan fingerprint density at radius 3 is 2.05 bits per heavy atom. The number of hydrogen-bond acceptors (Lipinski definition) is 4. The Morgan fingerprint density at radius 1 is 1.16 bits per heavy atom. The third kappa shape index (κ3) is 5.33. The maximum atomic E-state index is 5.22.